The molecule has 0 heterocycles. The molecule has 2 unspecified atom stereocenters. The summed E-state index contributed by atoms with van der Waals surface area (Å²) in [6, 6.07) is 0. The van der Waals surface area contributed by atoms with Crippen molar-refractivity contribution in [2.24, 2.45) is 5.73 Å². The minimum atomic E-state index is -4.38. The van der Waals surface area contributed by atoms with Gasteiger partial charge < -0.3 is 20.1 Å². The molecule has 0 spiro atoms. The van der Waals surface area contributed by atoms with Crippen molar-refractivity contribution in [2.75, 3.05) is 26.4 Å². The molecule has 0 saturated heterocycles. The fourth-order valence-electron chi connectivity index (χ4n) is 9.14. The molecule has 10 heteroatoms. The lowest BCUT2D eigenvalue weighted by molar-refractivity contribution is -0.161. The number of ether oxygens (including phenoxy) is 2. The van der Waals surface area contributed by atoms with Gasteiger partial charge in [0.05, 0.1) is 13.2 Å². The van der Waals surface area contributed by atoms with Gasteiger partial charge in [0.2, 0.25) is 0 Å². The van der Waals surface area contributed by atoms with Crippen LogP contribution in [0.1, 0.15) is 316 Å². The largest absolute Gasteiger partial charge is 0.472 e. The van der Waals surface area contributed by atoms with Crippen LogP contribution in [0.25, 0.3) is 0 Å². The molecule has 0 aliphatic carbocycles. The lowest BCUT2D eigenvalue weighted by Gasteiger charge is -2.19. The molecule has 0 aromatic rings. The third-order valence-corrected chi connectivity index (χ3v) is 14.7. The zero-order chi connectivity index (χ0) is 52.4. The Morgan fingerprint density at radius 3 is 1.12 bits per heavy atom. The van der Waals surface area contributed by atoms with Crippen molar-refractivity contribution in [3.05, 3.63) is 36.5 Å². The Bertz CT molecular complexity index is 1270. The Morgan fingerprint density at radius 1 is 0.417 bits per heavy atom. The van der Waals surface area contributed by atoms with Crippen LogP contribution in [0.4, 0.5) is 0 Å². The normalized spacial score (nSPS) is 13.2. The maximum atomic E-state index is 12.7. The van der Waals surface area contributed by atoms with Crippen LogP contribution in [0.2, 0.25) is 0 Å². The first kappa shape index (κ1) is 70.2. The molecule has 72 heavy (non-hydrogen) atoms. The van der Waals surface area contributed by atoms with Crippen LogP contribution in [-0.2, 0) is 32.7 Å². The Morgan fingerprint density at radius 2 is 0.750 bits per heavy atom. The molecule has 2 atom stereocenters. The van der Waals surface area contributed by atoms with Crippen LogP contribution < -0.4 is 5.73 Å². The van der Waals surface area contributed by atoms with Gasteiger partial charge in [-0.2, -0.15) is 0 Å². The highest BCUT2D eigenvalue weighted by Crippen LogP contribution is 2.43. The lowest BCUT2D eigenvalue weighted by Crippen LogP contribution is -2.29. The fraction of sp³-hybridized carbons (Fsp3) is 0.871. The minimum Gasteiger partial charge on any atom is -0.462 e. The Labute approximate surface area is 445 Å². The van der Waals surface area contributed by atoms with Gasteiger partial charge >= 0.3 is 19.8 Å². The summed E-state index contributed by atoms with van der Waals surface area (Å²) in [6.07, 6.45) is 71.3. The topological polar surface area (TPSA) is 134 Å². The molecule has 424 valence electrons. The van der Waals surface area contributed by atoms with E-state index < -0.39 is 26.5 Å². The second-order valence-electron chi connectivity index (χ2n) is 20.9. The number of phosphoric acid groups is 1. The highest BCUT2D eigenvalue weighted by molar-refractivity contribution is 7.47. The van der Waals surface area contributed by atoms with Gasteiger partial charge in [-0.1, -0.05) is 275 Å². The summed E-state index contributed by atoms with van der Waals surface area (Å²) < 4.78 is 32.9. The van der Waals surface area contributed by atoms with Crippen LogP contribution in [-0.4, -0.2) is 49.3 Å². The van der Waals surface area contributed by atoms with Crippen molar-refractivity contribution in [3.63, 3.8) is 0 Å². The molecule has 9 nitrogen and oxygen atoms in total. The third-order valence-electron chi connectivity index (χ3n) is 13.7. The van der Waals surface area contributed by atoms with Crippen molar-refractivity contribution in [1.29, 1.82) is 0 Å². The molecule has 0 bridgehead atoms. The van der Waals surface area contributed by atoms with E-state index in [9.17, 15) is 19.0 Å². The predicted octanol–water partition coefficient (Wildman–Crippen LogP) is 19.6. The highest BCUT2D eigenvalue weighted by atomic mass is 31.2. The molecule has 0 fully saturated rings. The van der Waals surface area contributed by atoms with Crippen LogP contribution in [0, 0.1) is 0 Å². The first-order valence-electron chi connectivity index (χ1n) is 31.0. The smallest absolute Gasteiger partial charge is 0.462 e. The first-order chi connectivity index (χ1) is 35.3. The number of hydrogen-bond donors (Lipinski definition) is 2. The summed E-state index contributed by atoms with van der Waals surface area (Å²) in [5.41, 5.74) is 5.37. The molecule has 0 aliphatic rings. The number of unbranched alkanes of at least 4 members (excludes halogenated alkanes) is 40. The average molecular weight is 1040 g/mol. The zero-order valence-corrected chi connectivity index (χ0v) is 48.3. The summed E-state index contributed by atoms with van der Waals surface area (Å²) >= 11 is 0. The van der Waals surface area contributed by atoms with E-state index in [1.54, 1.807) is 0 Å². The fourth-order valence-corrected chi connectivity index (χ4v) is 9.91. The van der Waals surface area contributed by atoms with Gasteiger partial charge in [-0.15, -0.1) is 0 Å². The van der Waals surface area contributed by atoms with Crippen molar-refractivity contribution in [1.82, 2.24) is 0 Å². The van der Waals surface area contributed by atoms with Crippen molar-refractivity contribution in [2.45, 2.75) is 322 Å². The molecule has 0 aromatic carbocycles. The van der Waals surface area contributed by atoms with Crippen LogP contribution in [0.3, 0.4) is 0 Å². The van der Waals surface area contributed by atoms with E-state index in [4.69, 9.17) is 24.3 Å². The highest BCUT2D eigenvalue weighted by Gasteiger charge is 2.26. The molecular formula is C62H118NO8P. The Kier molecular flexibility index (Phi) is 57.1. The van der Waals surface area contributed by atoms with E-state index in [0.29, 0.717) is 6.42 Å². The van der Waals surface area contributed by atoms with Gasteiger partial charge in [-0.3, -0.25) is 18.6 Å². The maximum Gasteiger partial charge on any atom is 0.472 e. The number of nitrogens with two attached hydrogens (primary N) is 1. The molecule has 0 saturated carbocycles. The van der Waals surface area contributed by atoms with Crippen molar-refractivity contribution >= 4 is 19.8 Å². The Balaban J connectivity index is 3.65. The van der Waals surface area contributed by atoms with E-state index in [1.165, 1.54) is 218 Å². The summed E-state index contributed by atoms with van der Waals surface area (Å²) in [5, 5.41) is 0. The van der Waals surface area contributed by atoms with Gasteiger partial charge in [0.25, 0.3) is 0 Å². The van der Waals surface area contributed by atoms with Crippen molar-refractivity contribution < 1.29 is 37.6 Å². The van der Waals surface area contributed by atoms with Gasteiger partial charge in [-0.25, -0.2) is 4.57 Å². The minimum absolute atomic E-state index is 0.0542. The van der Waals surface area contributed by atoms with Crippen LogP contribution >= 0.6 is 7.82 Å². The standard InChI is InChI=1S/C62H118NO8P/c1-3-5-7-9-11-13-15-16-17-18-19-20-21-22-23-24-25-26-27-28-29-30-31-32-33-34-35-36-37-38-39-40-41-42-43-44-45-47-49-51-53-55-62(65)71-60(59-70-72(66,67)69-57-56-63)58-68-61(64)54-52-50-48-46-14-12-10-8-6-4-2/h8,10,15-16,18-19,60H,3-7,9,11-14,17,20-59,63H2,1-2H3,(H,66,67)/b10-8-,16-15-,19-18-. The maximum absolute atomic E-state index is 12.7. The first-order valence-corrected chi connectivity index (χ1v) is 32.5. The van der Waals surface area contributed by atoms with Crippen LogP contribution in [0.15, 0.2) is 36.5 Å². The predicted molar refractivity (Wildman–Crippen MR) is 307 cm³/mol. The second-order valence-corrected chi connectivity index (χ2v) is 22.4. The molecule has 0 aliphatic heterocycles. The summed E-state index contributed by atoms with van der Waals surface area (Å²) in [5.74, 6) is -0.828. The number of phosphoric ester groups is 1. The molecule has 3 N–H and O–H groups in total. The average Bonchev–Trinajstić information content (AvgIpc) is 3.37. The number of carbonyl (C=O) groups is 2. The summed E-state index contributed by atoms with van der Waals surface area (Å²) in [7, 11) is -4.38. The molecular weight excluding hydrogens is 918 g/mol. The quantitative estimate of drug-likeness (QED) is 0.0264. The summed E-state index contributed by atoms with van der Waals surface area (Å²) in [6.45, 7) is 3.69. The number of hydrogen-bond acceptors (Lipinski definition) is 8. The van der Waals surface area contributed by atoms with Gasteiger partial charge in [-0.05, 0) is 64.2 Å². The molecule has 0 rings (SSSR count). The monoisotopic (exact) mass is 1040 g/mol. The van der Waals surface area contributed by atoms with Gasteiger partial charge in [0.15, 0.2) is 6.10 Å². The van der Waals surface area contributed by atoms with E-state index in [2.05, 4.69) is 50.3 Å². The number of carbonyl (C=O) groups excluding carboxylic acids is 2. The molecule has 0 amide bonds. The molecule has 0 aromatic heterocycles. The number of allylic oxidation sites excluding steroid dienone is 6. The van der Waals surface area contributed by atoms with E-state index >= 15 is 0 Å². The summed E-state index contributed by atoms with van der Waals surface area (Å²) in [4.78, 5) is 35.0. The number of rotatable bonds is 59. The second kappa shape index (κ2) is 58.5. The lowest BCUT2D eigenvalue weighted by atomic mass is 10.0. The van der Waals surface area contributed by atoms with E-state index in [-0.39, 0.29) is 38.6 Å². The van der Waals surface area contributed by atoms with Crippen molar-refractivity contribution in [3.8, 4) is 0 Å². The third kappa shape index (κ3) is 57.5. The zero-order valence-electron chi connectivity index (χ0n) is 47.4. The van der Waals surface area contributed by atoms with E-state index in [0.717, 1.165) is 64.2 Å². The Hall–Kier alpha value is -1.77. The molecule has 0 radical (unpaired) electrons. The van der Waals surface area contributed by atoms with Gasteiger partial charge in [0.1, 0.15) is 6.61 Å². The van der Waals surface area contributed by atoms with Crippen LogP contribution in [0.5, 0.6) is 0 Å². The number of esters is 2. The van der Waals surface area contributed by atoms with Gasteiger partial charge in [0, 0.05) is 19.4 Å². The van der Waals surface area contributed by atoms with E-state index in [1.807, 2.05) is 0 Å². The SMILES string of the molecule is CCC/C=C\CCCCCCCC(=O)OCC(COP(=O)(O)OCCN)OC(=O)CCCCCCCCCCCCCCCCCCCCCCCCCCCCCCC/C=C\C/C=C\CCCCCCC.